The highest BCUT2D eigenvalue weighted by molar-refractivity contribution is 5.90. The fraction of sp³-hybridized carbons (Fsp3) is 0.308. The van der Waals surface area contributed by atoms with Crippen molar-refractivity contribution in [2.75, 3.05) is 11.9 Å². The number of para-hydroxylation sites is 1. The average Bonchev–Trinajstić information content (AvgIpc) is 3.76. The maximum Gasteiger partial charge on any atom is 0.385 e. The minimum absolute atomic E-state index is 0.181. The van der Waals surface area contributed by atoms with E-state index >= 15 is 0 Å². The first-order chi connectivity index (χ1) is 22.4. The Balaban J connectivity index is 1.20. The summed E-state index contributed by atoms with van der Waals surface area (Å²) in [5.74, 6) is 3.15. The molecule has 236 valence electrons. The number of ether oxygens (including phenoxy) is 2. The van der Waals surface area contributed by atoms with Gasteiger partial charge >= 0.3 is 5.89 Å². The molecule has 7 nitrogen and oxygen atoms in total. The Kier molecular flexibility index (Phi) is 8.07. The molecule has 0 bridgehead atoms. The summed E-state index contributed by atoms with van der Waals surface area (Å²) in [5.41, 5.74) is 6.10. The van der Waals surface area contributed by atoms with Crippen molar-refractivity contribution in [2.24, 2.45) is 0 Å². The normalized spacial score (nSPS) is 18.2. The Labute approximate surface area is 269 Å². The van der Waals surface area contributed by atoms with Gasteiger partial charge in [0.1, 0.15) is 22.9 Å². The molecule has 2 aromatic carbocycles. The van der Waals surface area contributed by atoms with E-state index in [0.29, 0.717) is 23.8 Å². The number of anilines is 1. The maximum atomic E-state index is 13.6. The molecule has 0 radical (unpaired) electrons. The van der Waals surface area contributed by atoms with Crippen molar-refractivity contribution in [3.63, 3.8) is 0 Å². The SMILES string of the molecule is C=c1/c(=C\C=C/C)oc2cc3c(cc12)O/C(=C/C(=C\c1oc2c([n+]1[O-])CC1Oc4ccccc4C1=C2)CCCCCCCC)N3C. The highest BCUT2D eigenvalue weighted by Gasteiger charge is 2.38. The topological polar surface area (TPSA) is 74.9 Å². The second-order valence-electron chi connectivity index (χ2n) is 12.3. The van der Waals surface area contributed by atoms with Gasteiger partial charge in [-0.1, -0.05) is 76.0 Å². The number of hydrogen-bond donors (Lipinski definition) is 0. The monoisotopic (exact) mass is 616 g/mol. The van der Waals surface area contributed by atoms with Crippen LogP contribution in [-0.2, 0) is 6.42 Å². The van der Waals surface area contributed by atoms with Crippen LogP contribution in [-0.4, -0.2) is 13.2 Å². The van der Waals surface area contributed by atoms with E-state index in [1.807, 2.05) is 85.7 Å². The van der Waals surface area contributed by atoms with Crippen molar-refractivity contribution in [2.45, 2.75) is 71.3 Å². The van der Waals surface area contributed by atoms with Gasteiger partial charge < -0.3 is 28.4 Å². The van der Waals surface area contributed by atoms with E-state index in [9.17, 15) is 5.21 Å². The molecule has 3 aliphatic rings. The molecule has 2 aromatic heterocycles. The van der Waals surface area contributed by atoms with Gasteiger partial charge in [-0.05, 0) is 49.6 Å². The molecule has 7 heteroatoms. The van der Waals surface area contributed by atoms with Crippen LogP contribution in [0.3, 0.4) is 0 Å². The fourth-order valence-corrected chi connectivity index (χ4v) is 6.55. The zero-order valence-electron chi connectivity index (χ0n) is 26.8. The summed E-state index contributed by atoms with van der Waals surface area (Å²) < 4.78 is 25.8. The van der Waals surface area contributed by atoms with E-state index in [4.69, 9.17) is 18.3 Å². The third-order valence-electron chi connectivity index (χ3n) is 9.11. The van der Waals surface area contributed by atoms with Gasteiger partial charge in [-0.25, -0.2) is 0 Å². The van der Waals surface area contributed by atoms with Crippen LogP contribution in [0.4, 0.5) is 5.69 Å². The van der Waals surface area contributed by atoms with Gasteiger partial charge in [0.25, 0.3) is 0 Å². The molecular formula is C39H40N2O5. The summed E-state index contributed by atoms with van der Waals surface area (Å²) in [6, 6.07) is 12.0. The number of unbranched alkanes of at least 4 members (excludes halogenated alkanes) is 5. The first-order valence-electron chi connectivity index (χ1n) is 16.4. The number of rotatable bonds is 10. The quantitative estimate of drug-likeness (QED) is 0.103. The van der Waals surface area contributed by atoms with Gasteiger partial charge in [-0.15, -0.1) is 4.73 Å². The van der Waals surface area contributed by atoms with Gasteiger partial charge in [-0.3, -0.25) is 0 Å². The van der Waals surface area contributed by atoms with Crippen LogP contribution in [0, 0.1) is 5.21 Å². The first-order valence-corrected chi connectivity index (χ1v) is 16.4. The van der Waals surface area contributed by atoms with Crippen LogP contribution >= 0.6 is 0 Å². The summed E-state index contributed by atoms with van der Waals surface area (Å²) in [5, 5.41) is 15.3. The molecule has 0 amide bonds. The number of oxazole rings is 1. The molecule has 0 saturated carbocycles. The van der Waals surface area contributed by atoms with Crippen LogP contribution in [0.25, 0.3) is 41.3 Å². The van der Waals surface area contributed by atoms with Gasteiger partial charge in [-0.2, -0.15) is 0 Å². The molecule has 4 aromatic rings. The van der Waals surface area contributed by atoms with Crippen molar-refractivity contribution in [3.8, 4) is 11.5 Å². The summed E-state index contributed by atoms with van der Waals surface area (Å²) >= 11 is 0. The van der Waals surface area contributed by atoms with Crippen LogP contribution in [0.15, 0.2) is 74.9 Å². The molecule has 2 aliphatic heterocycles. The molecule has 0 N–H and O–H groups in total. The number of benzene rings is 2. The zero-order valence-corrected chi connectivity index (χ0v) is 26.8. The smallest absolute Gasteiger partial charge is 0.385 e. The van der Waals surface area contributed by atoms with Gasteiger partial charge in [0.05, 0.1) is 18.2 Å². The van der Waals surface area contributed by atoms with Crippen LogP contribution < -0.4 is 29.7 Å². The van der Waals surface area contributed by atoms with Crippen molar-refractivity contribution in [1.82, 2.24) is 0 Å². The molecule has 0 fully saturated rings. The van der Waals surface area contributed by atoms with Crippen molar-refractivity contribution < 1.29 is 23.0 Å². The summed E-state index contributed by atoms with van der Waals surface area (Å²) in [6.45, 7) is 8.44. The Morgan fingerprint density at radius 2 is 1.91 bits per heavy atom. The molecule has 0 saturated heterocycles. The third-order valence-corrected chi connectivity index (χ3v) is 9.11. The highest BCUT2D eigenvalue weighted by atomic mass is 16.5. The van der Waals surface area contributed by atoms with E-state index in [0.717, 1.165) is 79.5 Å². The van der Waals surface area contributed by atoms with E-state index < -0.39 is 0 Å². The van der Waals surface area contributed by atoms with E-state index in [1.165, 1.54) is 25.7 Å². The second kappa shape index (κ2) is 12.5. The van der Waals surface area contributed by atoms with Gasteiger partial charge in [0.2, 0.25) is 17.3 Å². The lowest BCUT2D eigenvalue weighted by Crippen LogP contribution is -2.36. The summed E-state index contributed by atoms with van der Waals surface area (Å²) in [4.78, 5) is 2.02. The molecule has 4 heterocycles. The lowest BCUT2D eigenvalue weighted by Gasteiger charge is -2.14. The van der Waals surface area contributed by atoms with Crippen LogP contribution in [0.5, 0.6) is 11.5 Å². The van der Waals surface area contributed by atoms with E-state index in [2.05, 4.69) is 19.6 Å². The Hall–Kier alpha value is -4.91. The molecule has 1 aliphatic carbocycles. The molecular weight excluding hydrogens is 576 g/mol. The fourth-order valence-electron chi connectivity index (χ4n) is 6.55. The largest absolute Gasteiger partial charge is 0.616 e. The highest BCUT2D eigenvalue weighted by Crippen LogP contribution is 2.43. The van der Waals surface area contributed by atoms with Crippen molar-refractivity contribution >= 4 is 47.0 Å². The number of nitrogens with zero attached hydrogens (tertiary/aromatic N) is 2. The molecule has 1 atom stereocenters. The molecule has 7 rings (SSSR count). The number of aromatic nitrogens is 1. The van der Waals surface area contributed by atoms with E-state index in [1.54, 1.807) is 0 Å². The first kappa shape index (κ1) is 29.8. The third kappa shape index (κ3) is 5.44. The minimum atomic E-state index is -0.181. The number of hydrogen-bond acceptors (Lipinski definition) is 6. The van der Waals surface area contributed by atoms with Crippen molar-refractivity contribution in [3.05, 3.63) is 105 Å². The Morgan fingerprint density at radius 1 is 1.09 bits per heavy atom. The number of allylic oxidation sites excluding steroid dienone is 4. The zero-order chi connectivity index (χ0) is 31.8. The standard InChI is InChI=1S/C39H40N2O5/c1-5-7-9-10-11-12-15-26(19-38-40(4)30-23-34-28(21-36(30)45-38)25(3)32(43-34)17-8-6-2)20-39-41(42)31-24-35-29(22-37(31)46-39)27-16-13-14-18-33(27)44-35/h6,8,13-14,16-23,35H,3,5,7,9-12,15,24H2,1-2,4H3/b8-6-,26-20-,32-17+,38-19+. The van der Waals surface area contributed by atoms with Crippen LogP contribution in [0.1, 0.15) is 81.7 Å². The number of fused-ring (bicyclic) bond motifs is 6. The van der Waals surface area contributed by atoms with E-state index in [-0.39, 0.29) is 12.0 Å². The lowest BCUT2D eigenvalue weighted by molar-refractivity contribution is -0.619. The van der Waals surface area contributed by atoms with Gasteiger partial charge in [0, 0.05) is 40.9 Å². The molecule has 0 spiro atoms. The Bertz CT molecular complexity index is 2040. The van der Waals surface area contributed by atoms with Gasteiger partial charge in [0.15, 0.2) is 5.75 Å². The van der Waals surface area contributed by atoms with Crippen LogP contribution in [0.2, 0.25) is 0 Å². The average molecular weight is 617 g/mol. The lowest BCUT2D eigenvalue weighted by atomic mass is 9.94. The molecule has 1 unspecified atom stereocenters. The minimum Gasteiger partial charge on any atom is -0.616 e. The maximum absolute atomic E-state index is 13.6. The summed E-state index contributed by atoms with van der Waals surface area (Å²) in [7, 11) is 1.98. The number of furan rings is 1. The Morgan fingerprint density at radius 3 is 2.76 bits per heavy atom. The summed E-state index contributed by atoms with van der Waals surface area (Å²) in [6.07, 6.45) is 19.8. The predicted molar refractivity (Wildman–Crippen MR) is 183 cm³/mol. The predicted octanol–water partition coefficient (Wildman–Crippen LogP) is 7.79. The second-order valence-corrected chi connectivity index (χ2v) is 12.3. The van der Waals surface area contributed by atoms with Crippen molar-refractivity contribution in [1.29, 1.82) is 0 Å². The molecule has 46 heavy (non-hydrogen) atoms.